The van der Waals surface area contributed by atoms with E-state index in [1.807, 2.05) is 42.5 Å². The monoisotopic (exact) mass is 343 g/mol. The fourth-order valence-corrected chi connectivity index (χ4v) is 2.62. The van der Waals surface area contributed by atoms with Crippen LogP contribution in [0.25, 0.3) is 0 Å². The van der Waals surface area contributed by atoms with Crippen LogP contribution in [0.3, 0.4) is 0 Å². The lowest BCUT2D eigenvalue weighted by atomic mass is 10.1. The van der Waals surface area contributed by atoms with Crippen molar-refractivity contribution < 1.29 is 19.0 Å². The molecular formula is C20H25NO4. The number of hydrogen-bond donors (Lipinski definition) is 1. The molecule has 0 saturated carbocycles. The van der Waals surface area contributed by atoms with Crippen LogP contribution in [0, 0.1) is 0 Å². The third-order valence-corrected chi connectivity index (χ3v) is 3.99. The molecule has 0 aliphatic rings. The first-order chi connectivity index (χ1) is 12.2. The smallest absolute Gasteiger partial charge is 0.220 e. The molecule has 0 radical (unpaired) electrons. The lowest BCUT2D eigenvalue weighted by Gasteiger charge is -2.10. The molecule has 0 unspecified atom stereocenters. The van der Waals surface area contributed by atoms with Gasteiger partial charge in [-0.1, -0.05) is 24.3 Å². The normalized spacial score (nSPS) is 10.2. The summed E-state index contributed by atoms with van der Waals surface area (Å²) in [5.41, 5.74) is 2.09. The van der Waals surface area contributed by atoms with E-state index >= 15 is 0 Å². The molecule has 1 N–H and O–H groups in total. The topological polar surface area (TPSA) is 56.8 Å². The van der Waals surface area contributed by atoms with Gasteiger partial charge in [-0.2, -0.15) is 0 Å². The van der Waals surface area contributed by atoms with Crippen molar-refractivity contribution in [2.45, 2.75) is 25.8 Å². The van der Waals surface area contributed by atoms with Crippen LogP contribution in [0.1, 0.15) is 24.0 Å². The first-order valence-corrected chi connectivity index (χ1v) is 8.27. The van der Waals surface area contributed by atoms with Crippen molar-refractivity contribution in [2.24, 2.45) is 0 Å². The fourth-order valence-electron chi connectivity index (χ4n) is 2.62. The van der Waals surface area contributed by atoms with Gasteiger partial charge in [-0.25, -0.2) is 0 Å². The summed E-state index contributed by atoms with van der Waals surface area (Å²) in [6.07, 6.45) is 2.05. The molecule has 0 saturated heterocycles. The van der Waals surface area contributed by atoms with Gasteiger partial charge in [0.05, 0.1) is 21.3 Å². The summed E-state index contributed by atoms with van der Waals surface area (Å²) in [5, 5.41) is 2.94. The fraction of sp³-hybridized carbons (Fsp3) is 0.350. The van der Waals surface area contributed by atoms with Crippen LogP contribution in [0.15, 0.2) is 42.5 Å². The van der Waals surface area contributed by atoms with Gasteiger partial charge >= 0.3 is 0 Å². The van der Waals surface area contributed by atoms with Crippen LogP contribution in [0.5, 0.6) is 17.2 Å². The maximum Gasteiger partial charge on any atom is 0.220 e. The van der Waals surface area contributed by atoms with Gasteiger partial charge in [-0.05, 0) is 36.6 Å². The lowest BCUT2D eigenvalue weighted by Crippen LogP contribution is -2.22. The summed E-state index contributed by atoms with van der Waals surface area (Å²) < 4.78 is 15.8. The van der Waals surface area contributed by atoms with E-state index in [2.05, 4.69) is 5.32 Å². The molecule has 2 rings (SSSR count). The van der Waals surface area contributed by atoms with E-state index in [9.17, 15) is 4.79 Å². The van der Waals surface area contributed by atoms with Gasteiger partial charge in [0.1, 0.15) is 5.75 Å². The minimum absolute atomic E-state index is 0.0337. The Labute approximate surface area is 148 Å². The van der Waals surface area contributed by atoms with Gasteiger partial charge in [0, 0.05) is 18.5 Å². The SMILES string of the molecule is COc1ccccc1CNC(=O)CCCc1ccc(OC)c(OC)c1. The van der Waals surface area contributed by atoms with Gasteiger partial charge in [-0.15, -0.1) is 0 Å². The summed E-state index contributed by atoms with van der Waals surface area (Å²) in [6, 6.07) is 13.5. The summed E-state index contributed by atoms with van der Waals surface area (Å²) in [5.74, 6) is 2.24. The molecule has 2 aromatic carbocycles. The Morgan fingerprint density at radius 2 is 1.64 bits per heavy atom. The Bertz CT molecular complexity index is 700. The molecule has 5 nitrogen and oxygen atoms in total. The van der Waals surface area contributed by atoms with Crippen molar-refractivity contribution in [3.63, 3.8) is 0 Å². The molecule has 0 aliphatic heterocycles. The van der Waals surface area contributed by atoms with Gasteiger partial charge in [0.15, 0.2) is 11.5 Å². The lowest BCUT2D eigenvalue weighted by molar-refractivity contribution is -0.121. The molecule has 0 aliphatic carbocycles. The van der Waals surface area contributed by atoms with Gasteiger partial charge in [0.2, 0.25) is 5.91 Å². The minimum Gasteiger partial charge on any atom is -0.496 e. The Hall–Kier alpha value is -2.69. The van der Waals surface area contributed by atoms with Crippen LogP contribution < -0.4 is 19.5 Å². The maximum absolute atomic E-state index is 12.0. The van der Waals surface area contributed by atoms with Crippen LogP contribution >= 0.6 is 0 Å². The number of benzene rings is 2. The number of ether oxygens (including phenoxy) is 3. The van der Waals surface area contributed by atoms with Crippen LogP contribution in [0.4, 0.5) is 0 Å². The highest BCUT2D eigenvalue weighted by atomic mass is 16.5. The summed E-state index contributed by atoms with van der Waals surface area (Å²) in [7, 11) is 4.86. The standard InChI is InChI=1S/C20H25NO4/c1-23-17-9-5-4-8-16(17)14-21-20(22)10-6-7-15-11-12-18(24-2)19(13-15)25-3/h4-5,8-9,11-13H,6-7,10,14H2,1-3H3,(H,21,22). The van der Waals surface area contributed by atoms with E-state index in [1.54, 1.807) is 21.3 Å². The van der Waals surface area contributed by atoms with E-state index in [0.717, 1.165) is 29.7 Å². The van der Waals surface area contributed by atoms with Crippen molar-refractivity contribution in [1.82, 2.24) is 5.32 Å². The van der Waals surface area contributed by atoms with Gasteiger partial charge in [0.25, 0.3) is 0 Å². The van der Waals surface area contributed by atoms with Crippen LogP contribution in [-0.2, 0) is 17.8 Å². The van der Waals surface area contributed by atoms with Crippen molar-refractivity contribution in [3.05, 3.63) is 53.6 Å². The summed E-state index contributed by atoms with van der Waals surface area (Å²) in [4.78, 5) is 12.0. The number of methoxy groups -OCH3 is 3. The molecule has 0 fully saturated rings. The number of amides is 1. The first-order valence-electron chi connectivity index (χ1n) is 8.27. The Kier molecular flexibility index (Phi) is 7.14. The predicted molar refractivity (Wildman–Crippen MR) is 97.3 cm³/mol. The quantitative estimate of drug-likeness (QED) is 0.759. The molecule has 5 heteroatoms. The Morgan fingerprint density at radius 1 is 0.920 bits per heavy atom. The highest BCUT2D eigenvalue weighted by molar-refractivity contribution is 5.75. The molecule has 25 heavy (non-hydrogen) atoms. The second kappa shape index (κ2) is 9.57. The third-order valence-electron chi connectivity index (χ3n) is 3.99. The number of carbonyl (C=O) groups excluding carboxylic acids is 1. The second-order valence-electron chi connectivity index (χ2n) is 5.63. The van der Waals surface area contributed by atoms with E-state index < -0.39 is 0 Å². The van der Waals surface area contributed by atoms with Gasteiger partial charge < -0.3 is 19.5 Å². The predicted octanol–water partition coefficient (Wildman–Crippen LogP) is 3.35. The van der Waals surface area contributed by atoms with E-state index in [0.29, 0.717) is 24.5 Å². The Morgan fingerprint density at radius 3 is 2.36 bits per heavy atom. The van der Waals surface area contributed by atoms with Crippen LogP contribution in [0.2, 0.25) is 0 Å². The summed E-state index contributed by atoms with van der Waals surface area (Å²) in [6.45, 7) is 0.471. The number of nitrogens with one attached hydrogen (secondary N) is 1. The second-order valence-corrected chi connectivity index (χ2v) is 5.63. The number of hydrogen-bond acceptors (Lipinski definition) is 4. The third kappa shape index (κ3) is 5.41. The van der Waals surface area contributed by atoms with Crippen molar-refractivity contribution in [3.8, 4) is 17.2 Å². The first kappa shape index (κ1) is 18.6. The zero-order valence-electron chi connectivity index (χ0n) is 15.0. The molecule has 134 valence electrons. The number of para-hydroxylation sites is 1. The molecule has 0 atom stereocenters. The number of carbonyl (C=O) groups is 1. The largest absolute Gasteiger partial charge is 0.496 e. The highest BCUT2D eigenvalue weighted by Crippen LogP contribution is 2.28. The molecule has 1 amide bonds. The number of rotatable bonds is 9. The van der Waals surface area contributed by atoms with Crippen molar-refractivity contribution in [2.75, 3.05) is 21.3 Å². The average molecular weight is 343 g/mol. The summed E-state index contributed by atoms with van der Waals surface area (Å²) >= 11 is 0. The average Bonchev–Trinajstić information content (AvgIpc) is 2.66. The zero-order valence-corrected chi connectivity index (χ0v) is 15.0. The molecule has 0 spiro atoms. The Balaban J connectivity index is 1.79. The zero-order chi connectivity index (χ0) is 18.1. The van der Waals surface area contributed by atoms with E-state index in [-0.39, 0.29) is 5.91 Å². The molecule has 0 bridgehead atoms. The van der Waals surface area contributed by atoms with E-state index in [4.69, 9.17) is 14.2 Å². The van der Waals surface area contributed by atoms with Crippen LogP contribution in [-0.4, -0.2) is 27.2 Å². The van der Waals surface area contributed by atoms with E-state index in [1.165, 1.54) is 0 Å². The molecular weight excluding hydrogens is 318 g/mol. The molecule has 0 heterocycles. The van der Waals surface area contributed by atoms with Gasteiger partial charge in [-0.3, -0.25) is 4.79 Å². The highest BCUT2D eigenvalue weighted by Gasteiger charge is 2.07. The maximum atomic E-state index is 12.0. The molecule has 2 aromatic rings. The molecule has 0 aromatic heterocycles. The van der Waals surface area contributed by atoms with Crippen molar-refractivity contribution >= 4 is 5.91 Å². The van der Waals surface area contributed by atoms with Crippen molar-refractivity contribution in [1.29, 1.82) is 0 Å². The minimum atomic E-state index is 0.0337. The number of aryl methyl sites for hydroxylation is 1.